The second-order valence-corrected chi connectivity index (χ2v) is 13.2. The number of fused-ring (bicyclic) bond motifs is 1. The molecule has 2 aromatic carbocycles. The number of urea groups is 1. The van der Waals surface area contributed by atoms with Crippen LogP contribution in [-0.4, -0.2) is 112 Å². The number of aliphatic carboxylic acids is 1. The van der Waals surface area contributed by atoms with Crippen molar-refractivity contribution in [2.45, 2.75) is 48.3 Å². The number of carbonyl (C=O) groups excluding carboxylic acids is 6. The van der Waals surface area contributed by atoms with Crippen molar-refractivity contribution in [1.82, 2.24) is 30.7 Å². The van der Waals surface area contributed by atoms with Gasteiger partial charge in [0.05, 0.1) is 4.75 Å². The molecule has 0 aromatic heterocycles. The van der Waals surface area contributed by atoms with Gasteiger partial charge in [0.25, 0.3) is 5.91 Å². The van der Waals surface area contributed by atoms with Gasteiger partial charge in [-0.1, -0.05) is 18.2 Å². The highest BCUT2D eigenvalue weighted by Crippen LogP contribution is 2.55. The first-order valence-electron chi connectivity index (χ1n) is 14.1. The maximum Gasteiger partial charge on any atom is 0.352 e. The number of aromatic hydroxyl groups is 3. The molecule has 18 heteroatoms. The molecule has 3 aliphatic rings. The number of phenolic OH excluding ortho intramolecular Hbond substituents is 3. The molecule has 0 aliphatic carbocycles. The Morgan fingerprint density at radius 3 is 2.30 bits per heavy atom. The Kier molecular flexibility index (Phi) is 8.40. The average Bonchev–Trinajstić information content (AvgIpc) is 3.23. The van der Waals surface area contributed by atoms with Crippen LogP contribution in [0.5, 0.6) is 17.2 Å². The minimum atomic E-state index is -2.34. The Morgan fingerprint density at radius 1 is 1.00 bits per heavy atom. The molecule has 248 valence electrons. The molecule has 4 atom stereocenters. The minimum absolute atomic E-state index is 0.0641. The van der Waals surface area contributed by atoms with Gasteiger partial charge in [-0.25, -0.2) is 9.59 Å². The van der Waals surface area contributed by atoms with E-state index in [1.165, 1.54) is 56.3 Å². The van der Waals surface area contributed by atoms with Gasteiger partial charge >= 0.3 is 23.8 Å². The van der Waals surface area contributed by atoms with Crippen LogP contribution in [0.2, 0.25) is 0 Å². The number of piperazine rings is 1. The van der Waals surface area contributed by atoms with E-state index in [4.69, 9.17) is 0 Å². The fourth-order valence-electron chi connectivity index (χ4n) is 5.80. The average molecular weight is 671 g/mol. The summed E-state index contributed by atoms with van der Waals surface area (Å²) in [6.07, 6.45) is 0.313. The number of hydrogen-bond acceptors (Lipinski definition) is 11. The second-order valence-electron chi connectivity index (χ2n) is 11.5. The van der Waals surface area contributed by atoms with Crippen LogP contribution >= 0.6 is 11.8 Å². The first-order valence-corrected chi connectivity index (χ1v) is 15.0. The van der Waals surface area contributed by atoms with Crippen LogP contribution in [-0.2, 0) is 35.3 Å². The second kappa shape index (κ2) is 12.0. The topological polar surface area (TPSA) is 246 Å². The van der Waals surface area contributed by atoms with Gasteiger partial charge in [-0.05, 0) is 49.2 Å². The summed E-state index contributed by atoms with van der Waals surface area (Å²) in [4.78, 5) is 92.9. The number of hydrogen-bond donors (Lipinski definition) is 7. The first kappa shape index (κ1) is 32.9. The number of carboxylic acids is 1. The minimum Gasteiger partial charge on any atom is -0.508 e. The van der Waals surface area contributed by atoms with Crippen LogP contribution in [0.15, 0.2) is 42.5 Å². The number of phenols is 3. The molecular weight excluding hydrogens is 640 g/mol. The van der Waals surface area contributed by atoms with Gasteiger partial charge in [0, 0.05) is 19.6 Å². The number of amides is 7. The lowest BCUT2D eigenvalue weighted by Gasteiger charge is -2.49. The van der Waals surface area contributed by atoms with Crippen LogP contribution in [0, 0.1) is 0 Å². The highest BCUT2D eigenvalue weighted by atomic mass is 32.2. The number of imide groups is 1. The molecule has 5 rings (SSSR count). The van der Waals surface area contributed by atoms with Crippen molar-refractivity contribution >= 4 is 53.8 Å². The normalized spacial score (nSPS) is 23.8. The number of carbonyl (C=O) groups is 7. The summed E-state index contributed by atoms with van der Waals surface area (Å²) in [6.45, 7) is 2.47. The van der Waals surface area contributed by atoms with Gasteiger partial charge in [0.2, 0.25) is 18.0 Å². The summed E-state index contributed by atoms with van der Waals surface area (Å²) in [5.74, 6) is -6.69. The fraction of sp³-hybridized carbons (Fsp3) is 0.345. The molecule has 3 aliphatic heterocycles. The van der Waals surface area contributed by atoms with Crippen LogP contribution < -0.4 is 16.0 Å². The molecule has 47 heavy (non-hydrogen) atoms. The zero-order valence-electron chi connectivity index (χ0n) is 24.9. The zero-order valence-corrected chi connectivity index (χ0v) is 25.7. The monoisotopic (exact) mass is 670 g/mol. The lowest BCUT2D eigenvalue weighted by atomic mass is 9.88. The Hall–Kier alpha value is -5.52. The number of rotatable bonds is 9. The molecule has 7 N–H and O–H groups in total. The molecule has 17 nitrogen and oxygen atoms in total. The van der Waals surface area contributed by atoms with Crippen molar-refractivity contribution in [2.75, 3.05) is 13.1 Å². The summed E-state index contributed by atoms with van der Waals surface area (Å²) in [6, 6.07) is 5.00. The van der Waals surface area contributed by atoms with Crippen molar-refractivity contribution in [2.24, 2.45) is 0 Å². The third kappa shape index (κ3) is 5.49. The molecule has 3 fully saturated rings. The van der Waals surface area contributed by atoms with E-state index in [0.29, 0.717) is 16.9 Å². The predicted molar refractivity (Wildman–Crippen MR) is 160 cm³/mol. The smallest absolute Gasteiger partial charge is 0.352 e. The lowest BCUT2D eigenvalue weighted by molar-refractivity contribution is -0.176. The van der Waals surface area contributed by atoms with E-state index in [0.717, 1.165) is 21.6 Å². The van der Waals surface area contributed by atoms with Gasteiger partial charge in [-0.3, -0.25) is 33.8 Å². The predicted octanol–water partition coefficient (Wildman–Crippen LogP) is -0.869. The third-order valence-electron chi connectivity index (χ3n) is 8.28. The molecular formula is C29H30N6O11S. The quantitative estimate of drug-likeness (QED) is 0.0745. The maximum atomic E-state index is 14.0. The molecule has 0 spiro atoms. The van der Waals surface area contributed by atoms with E-state index in [9.17, 15) is 54.0 Å². The van der Waals surface area contributed by atoms with Crippen molar-refractivity contribution in [3.63, 3.8) is 0 Å². The Bertz CT molecular complexity index is 1680. The molecule has 3 heterocycles. The molecule has 1 unspecified atom stereocenters. The summed E-state index contributed by atoms with van der Waals surface area (Å²) < 4.78 is -1.36. The number of nitrogens with zero attached hydrogens (tertiary/aromatic N) is 3. The SMILES string of the molecule is CC1(C)S[C@@H]2[C@H](NC=O)C(=O)N2[C@@]1(NC(=O)C(NC(=O)N1CCN(Cc2ccc(O)c(O)c2)C(=O)C1=O)c1ccc(O)cc1)C(=O)O. The number of β-lactam (4-membered cyclic amide) rings is 1. The first-order chi connectivity index (χ1) is 22.1. The highest BCUT2D eigenvalue weighted by Gasteiger charge is 2.74. The van der Waals surface area contributed by atoms with Crippen molar-refractivity contribution < 1.29 is 54.0 Å². The summed E-state index contributed by atoms with van der Waals surface area (Å²) in [7, 11) is 0. The number of nitrogens with one attached hydrogen (secondary N) is 3. The fourth-order valence-corrected chi connectivity index (χ4v) is 7.51. The zero-order chi connectivity index (χ0) is 34.4. The van der Waals surface area contributed by atoms with Gasteiger partial charge in [-0.15, -0.1) is 11.8 Å². The van der Waals surface area contributed by atoms with Crippen LogP contribution in [0.1, 0.15) is 31.0 Å². The maximum absolute atomic E-state index is 14.0. The Labute approximate surface area is 270 Å². The van der Waals surface area contributed by atoms with E-state index >= 15 is 0 Å². The number of carboxylic acid groups (broad SMARTS) is 1. The van der Waals surface area contributed by atoms with E-state index < -0.39 is 69.2 Å². The van der Waals surface area contributed by atoms with Crippen LogP contribution in [0.4, 0.5) is 4.79 Å². The Morgan fingerprint density at radius 2 is 1.68 bits per heavy atom. The van der Waals surface area contributed by atoms with E-state index in [2.05, 4.69) is 16.0 Å². The summed E-state index contributed by atoms with van der Waals surface area (Å²) >= 11 is 1.04. The van der Waals surface area contributed by atoms with Gasteiger partial charge < -0.3 is 41.3 Å². The molecule has 2 aromatic rings. The Balaban J connectivity index is 1.38. The number of thioether (sulfide) groups is 1. The van der Waals surface area contributed by atoms with Crippen molar-refractivity contribution in [3.8, 4) is 17.2 Å². The van der Waals surface area contributed by atoms with Gasteiger partial charge in [0.1, 0.15) is 23.2 Å². The largest absolute Gasteiger partial charge is 0.508 e. The third-order valence-corrected chi connectivity index (χ3v) is 9.89. The summed E-state index contributed by atoms with van der Waals surface area (Å²) in [5.41, 5.74) is -1.87. The van der Waals surface area contributed by atoms with E-state index in [1.807, 2.05) is 0 Å². The van der Waals surface area contributed by atoms with E-state index in [1.54, 1.807) is 0 Å². The van der Waals surface area contributed by atoms with E-state index in [-0.39, 0.29) is 36.7 Å². The standard InChI is InChI=1S/C29H30N6O11S/c1-28(2)29(26(44)45,35-22(41)20(30-13-36)25(35)47-28)32-21(40)19(15-4-6-16(37)7-5-15)31-27(46)34-10-9-33(23(42)24(34)43)12-14-3-8-17(38)18(39)11-14/h3-8,11,13,19-20,25,37-39H,9-10,12H2,1-2H3,(H,30,36)(H,31,46)(H,32,40)(H,44,45)/t19?,20-,25-,29+/m1/s1. The van der Waals surface area contributed by atoms with Gasteiger partial charge in [0.15, 0.2) is 11.5 Å². The molecule has 0 saturated carbocycles. The molecule has 3 saturated heterocycles. The van der Waals surface area contributed by atoms with Crippen molar-refractivity contribution in [3.05, 3.63) is 53.6 Å². The molecule has 0 radical (unpaired) electrons. The molecule has 0 bridgehead atoms. The van der Waals surface area contributed by atoms with Crippen molar-refractivity contribution in [1.29, 1.82) is 0 Å². The lowest BCUT2D eigenvalue weighted by Crippen LogP contribution is -2.80. The van der Waals surface area contributed by atoms with Gasteiger partial charge in [-0.2, -0.15) is 0 Å². The number of benzene rings is 2. The highest BCUT2D eigenvalue weighted by molar-refractivity contribution is 8.01. The van der Waals surface area contributed by atoms with Crippen LogP contribution in [0.25, 0.3) is 0 Å². The summed E-state index contributed by atoms with van der Waals surface area (Å²) in [5, 5.41) is 45.8. The molecule has 7 amide bonds. The van der Waals surface area contributed by atoms with Crippen LogP contribution in [0.3, 0.4) is 0 Å².